The first kappa shape index (κ1) is 15.7. The fourth-order valence-corrected chi connectivity index (χ4v) is 1.85. The minimum atomic E-state index is -0.327. The first-order valence-corrected chi connectivity index (χ1v) is 7.18. The number of hydrazone groups is 1. The van der Waals surface area contributed by atoms with Crippen molar-refractivity contribution in [1.82, 2.24) is 15.6 Å². The molecule has 5 heteroatoms. The quantitative estimate of drug-likeness (QED) is 0.656. The molecule has 0 spiro atoms. The van der Waals surface area contributed by atoms with Crippen LogP contribution in [0.3, 0.4) is 0 Å². The molecule has 0 aliphatic rings. The number of amides is 1. The minimum Gasteiger partial charge on any atom is -0.282 e. The highest BCUT2D eigenvalue weighted by atomic mass is 16.2. The van der Waals surface area contributed by atoms with E-state index in [9.17, 15) is 4.79 Å². The molecule has 0 radical (unpaired) electrons. The standard InChI is InChI=1S/C17H20N4O/c1-12(2)15-10-16(20-19-15)17(22)21-18-11-13(3)9-14-7-5-4-6-8-14/h4-12H,1-3H3,(H,19,20)(H,21,22)/b13-9?,18-11-. The normalized spacial score (nSPS) is 12.1. The Morgan fingerprint density at radius 3 is 2.68 bits per heavy atom. The van der Waals surface area contributed by atoms with Gasteiger partial charge in [-0.15, -0.1) is 0 Å². The number of hydrogen-bond donors (Lipinski definition) is 2. The molecule has 5 nitrogen and oxygen atoms in total. The fraction of sp³-hybridized carbons (Fsp3) is 0.235. The summed E-state index contributed by atoms with van der Waals surface area (Å²) in [4.78, 5) is 11.9. The molecule has 1 heterocycles. The van der Waals surface area contributed by atoms with E-state index in [1.54, 1.807) is 12.3 Å². The molecule has 0 atom stereocenters. The lowest BCUT2D eigenvalue weighted by Gasteiger charge is -1.97. The maximum absolute atomic E-state index is 11.9. The number of rotatable bonds is 5. The molecule has 0 bridgehead atoms. The van der Waals surface area contributed by atoms with Crippen molar-refractivity contribution >= 4 is 18.2 Å². The van der Waals surface area contributed by atoms with Crippen LogP contribution in [-0.2, 0) is 0 Å². The van der Waals surface area contributed by atoms with Gasteiger partial charge in [0, 0.05) is 5.69 Å². The molecule has 0 unspecified atom stereocenters. The Bertz CT molecular complexity index is 684. The van der Waals surface area contributed by atoms with Crippen LogP contribution in [0.1, 0.15) is 48.4 Å². The lowest BCUT2D eigenvalue weighted by Crippen LogP contribution is -2.18. The van der Waals surface area contributed by atoms with Gasteiger partial charge in [0.2, 0.25) is 0 Å². The average Bonchev–Trinajstić information content (AvgIpc) is 2.98. The molecule has 1 aromatic heterocycles. The average molecular weight is 296 g/mol. The van der Waals surface area contributed by atoms with Crippen molar-refractivity contribution in [3.05, 3.63) is 58.9 Å². The van der Waals surface area contributed by atoms with Crippen LogP contribution in [0.4, 0.5) is 0 Å². The van der Waals surface area contributed by atoms with Crippen LogP contribution >= 0.6 is 0 Å². The lowest BCUT2D eigenvalue weighted by atomic mass is 10.1. The molecule has 1 aromatic carbocycles. The summed E-state index contributed by atoms with van der Waals surface area (Å²) in [5.41, 5.74) is 5.77. The van der Waals surface area contributed by atoms with Gasteiger partial charge in [0.1, 0.15) is 0 Å². The van der Waals surface area contributed by atoms with Crippen molar-refractivity contribution in [3.8, 4) is 0 Å². The van der Waals surface area contributed by atoms with Crippen molar-refractivity contribution in [2.24, 2.45) is 5.10 Å². The number of carbonyl (C=O) groups excluding carboxylic acids is 1. The van der Waals surface area contributed by atoms with Crippen molar-refractivity contribution in [1.29, 1.82) is 0 Å². The minimum absolute atomic E-state index is 0.300. The number of hydrogen-bond acceptors (Lipinski definition) is 3. The van der Waals surface area contributed by atoms with Gasteiger partial charge in [-0.1, -0.05) is 50.3 Å². The van der Waals surface area contributed by atoms with Gasteiger partial charge in [0.25, 0.3) is 5.91 Å². The number of benzene rings is 1. The van der Waals surface area contributed by atoms with E-state index in [0.717, 1.165) is 16.8 Å². The number of aromatic amines is 1. The zero-order valence-corrected chi connectivity index (χ0v) is 13.0. The van der Waals surface area contributed by atoms with E-state index in [-0.39, 0.29) is 5.91 Å². The predicted molar refractivity (Wildman–Crippen MR) is 88.7 cm³/mol. The molecular weight excluding hydrogens is 276 g/mol. The van der Waals surface area contributed by atoms with Gasteiger partial charge < -0.3 is 0 Å². The van der Waals surface area contributed by atoms with E-state index >= 15 is 0 Å². The van der Waals surface area contributed by atoms with Gasteiger partial charge in [-0.05, 0) is 30.0 Å². The van der Waals surface area contributed by atoms with Crippen molar-refractivity contribution in [2.75, 3.05) is 0 Å². The first-order valence-electron chi connectivity index (χ1n) is 7.18. The number of carbonyl (C=O) groups is 1. The Morgan fingerprint density at radius 2 is 2.05 bits per heavy atom. The molecule has 1 amide bonds. The third-order valence-electron chi connectivity index (χ3n) is 3.08. The summed E-state index contributed by atoms with van der Waals surface area (Å²) >= 11 is 0. The molecule has 0 fully saturated rings. The van der Waals surface area contributed by atoms with Crippen molar-refractivity contribution in [3.63, 3.8) is 0 Å². The van der Waals surface area contributed by atoms with Gasteiger partial charge in [0.15, 0.2) is 5.69 Å². The molecule has 2 N–H and O–H groups in total. The second kappa shape index (κ2) is 7.36. The second-order valence-corrected chi connectivity index (χ2v) is 5.36. The second-order valence-electron chi connectivity index (χ2n) is 5.36. The smallest absolute Gasteiger partial charge is 0.282 e. The molecule has 22 heavy (non-hydrogen) atoms. The van der Waals surface area contributed by atoms with Gasteiger partial charge >= 0.3 is 0 Å². The summed E-state index contributed by atoms with van der Waals surface area (Å²) < 4.78 is 0. The Morgan fingerprint density at radius 1 is 1.32 bits per heavy atom. The molecule has 0 saturated carbocycles. The van der Waals surface area contributed by atoms with E-state index in [4.69, 9.17) is 0 Å². The van der Waals surface area contributed by atoms with Crippen LogP contribution in [0.15, 0.2) is 47.1 Å². The number of nitrogens with one attached hydrogen (secondary N) is 2. The summed E-state index contributed by atoms with van der Waals surface area (Å²) in [6, 6.07) is 11.7. The molecule has 0 aliphatic heterocycles. The van der Waals surface area contributed by atoms with E-state index in [2.05, 4.69) is 20.7 Å². The highest BCUT2D eigenvalue weighted by Crippen LogP contribution is 2.11. The summed E-state index contributed by atoms with van der Waals surface area (Å²) in [7, 11) is 0. The summed E-state index contributed by atoms with van der Waals surface area (Å²) in [6.45, 7) is 5.99. The molecule has 2 aromatic rings. The molecule has 0 saturated heterocycles. The predicted octanol–water partition coefficient (Wildman–Crippen LogP) is 3.35. The highest BCUT2D eigenvalue weighted by molar-refractivity contribution is 5.93. The van der Waals surface area contributed by atoms with Crippen LogP contribution in [0.2, 0.25) is 0 Å². The van der Waals surface area contributed by atoms with Gasteiger partial charge in [0.05, 0.1) is 6.21 Å². The molecule has 2 rings (SSSR count). The Labute approximate surface area is 130 Å². The first-order chi connectivity index (χ1) is 10.6. The number of aromatic nitrogens is 2. The van der Waals surface area contributed by atoms with Gasteiger partial charge in [-0.2, -0.15) is 10.2 Å². The van der Waals surface area contributed by atoms with E-state index in [1.165, 1.54) is 0 Å². The van der Waals surface area contributed by atoms with E-state index in [1.807, 2.05) is 57.2 Å². The maximum atomic E-state index is 11.9. The van der Waals surface area contributed by atoms with Gasteiger partial charge in [-0.25, -0.2) is 5.43 Å². The topological polar surface area (TPSA) is 70.1 Å². The number of H-pyrrole nitrogens is 1. The Balaban J connectivity index is 1.93. The zero-order valence-electron chi connectivity index (χ0n) is 13.0. The maximum Gasteiger partial charge on any atom is 0.291 e. The van der Waals surface area contributed by atoms with Crippen LogP contribution in [0.25, 0.3) is 6.08 Å². The third kappa shape index (κ3) is 4.41. The van der Waals surface area contributed by atoms with Gasteiger partial charge in [-0.3, -0.25) is 9.89 Å². The van der Waals surface area contributed by atoms with Crippen LogP contribution in [0.5, 0.6) is 0 Å². The SMILES string of the molecule is CC(=Cc1ccccc1)/C=N\NC(=O)c1cc(C(C)C)[nH]n1. The highest BCUT2D eigenvalue weighted by Gasteiger charge is 2.10. The number of nitrogens with zero attached hydrogens (tertiary/aromatic N) is 2. The molecule has 114 valence electrons. The number of allylic oxidation sites excluding steroid dienone is 1. The largest absolute Gasteiger partial charge is 0.291 e. The lowest BCUT2D eigenvalue weighted by molar-refractivity contribution is 0.0950. The van der Waals surface area contributed by atoms with E-state index < -0.39 is 0 Å². The van der Waals surface area contributed by atoms with E-state index in [0.29, 0.717) is 11.6 Å². The van der Waals surface area contributed by atoms with Crippen LogP contribution < -0.4 is 5.43 Å². The summed E-state index contributed by atoms with van der Waals surface area (Å²) in [5.74, 6) is -0.0273. The molecular formula is C17H20N4O. The monoisotopic (exact) mass is 296 g/mol. The van der Waals surface area contributed by atoms with Crippen molar-refractivity contribution < 1.29 is 4.79 Å². The fourth-order valence-electron chi connectivity index (χ4n) is 1.85. The van der Waals surface area contributed by atoms with Crippen molar-refractivity contribution in [2.45, 2.75) is 26.7 Å². The summed E-state index contributed by atoms with van der Waals surface area (Å²) in [5, 5.41) is 10.8. The summed E-state index contributed by atoms with van der Waals surface area (Å²) in [6.07, 6.45) is 3.60. The molecule has 0 aliphatic carbocycles. The Hall–Kier alpha value is -2.69. The zero-order chi connectivity index (χ0) is 15.9. The third-order valence-corrected chi connectivity index (χ3v) is 3.08. The van der Waals surface area contributed by atoms with Crippen LogP contribution in [0, 0.1) is 0 Å². The Kier molecular flexibility index (Phi) is 5.25. The van der Waals surface area contributed by atoms with Crippen LogP contribution in [-0.4, -0.2) is 22.3 Å².